The molecule has 1 amide bonds. The van der Waals surface area contributed by atoms with Gasteiger partial charge in [0, 0.05) is 5.38 Å². The fraction of sp³-hybridized carbons (Fsp3) is 0.739. The number of rotatable bonds is 11. The quantitative estimate of drug-likeness (QED) is 0.248. The topological polar surface area (TPSA) is 115 Å². The molecule has 1 heterocycles. The summed E-state index contributed by atoms with van der Waals surface area (Å²) < 4.78 is 9.97. The maximum atomic E-state index is 12.9. The van der Waals surface area contributed by atoms with E-state index in [1.54, 1.807) is 27.7 Å². The molecule has 194 valence electrons. The number of carbonyl (C=O) groups excluding carboxylic acids is 2. The molecule has 0 unspecified atom stereocenters. The highest BCUT2D eigenvalue weighted by molar-refractivity contribution is 7.09. The molecular formula is C23H36Cl2N2O6S. The summed E-state index contributed by atoms with van der Waals surface area (Å²) in [4.78, 5) is 41.3. The van der Waals surface area contributed by atoms with Crippen LogP contribution in [-0.2, 0) is 14.3 Å². The van der Waals surface area contributed by atoms with Gasteiger partial charge in [0.25, 0.3) is 0 Å². The van der Waals surface area contributed by atoms with Crippen molar-refractivity contribution >= 4 is 52.6 Å². The molecule has 0 radical (unpaired) electrons. The van der Waals surface area contributed by atoms with Gasteiger partial charge in [-0.15, -0.1) is 34.5 Å². The van der Waals surface area contributed by atoms with Gasteiger partial charge in [-0.25, -0.2) is 14.6 Å². The molecule has 34 heavy (non-hydrogen) atoms. The summed E-state index contributed by atoms with van der Waals surface area (Å²) >= 11 is 13.2. The number of hydrogen-bond acceptors (Lipinski definition) is 7. The van der Waals surface area contributed by atoms with Gasteiger partial charge in [-0.05, 0) is 66.7 Å². The summed E-state index contributed by atoms with van der Waals surface area (Å²) in [6.45, 7) is 13.8. The molecule has 8 nitrogen and oxygen atoms in total. The van der Waals surface area contributed by atoms with Crippen LogP contribution in [0.4, 0.5) is 4.79 Å². The normalized spacial score (nSPS) is 14.4. The number of carbonyl (C=O) groups is 3. The van der Waals surface area contributed by atoms with Crippen LogP contribution in [0.2, 0.25) is 0 Å². The molecule has 1 rings (SSSR count). The van der Waals surface area contributed by atoms with Crippen molar-refractivity contribution < 1.29 is 29.0 Å². The molecule has 0 aliphatic heterocycles. The third-order valence-corrected chi connectivity index (χ3v) is 6.33. The van der Waals surface area contributed by atoms with Crippen molar-refractivity contribution in [3.8, 4) is 0 Å². The van der Waals surface area contributed by atoms with Crippen LogP contribution in [0.3, 0.4) is 0 Å². The summed E-state index contributed by atoms with van der Waals surface area (Å²) in [5.74, 6) is -1.85. The number of carboxylic acids is 1. The van der Waals surface area contributed by atoms with Gasteiger partial charge in [0.2, 0.25) is 0 Å². The van der Waals surface area contributed by atoms with Crippen LogP contribution in [0, 0.1) is 11.3 Å². The molecule has 0 aliphatic rings. The Labute approximate surface area is 215 Å². The summed E-state index contributed by atoms with van der Waals surface area (Å²) in [6, 6.07) is -0.474. The average Bonchev–Trinajstić information content (AvgIpc) is 3.12. The summed E-state index contributed by atoms with van der Waals surface area (Å²) in [6.07, 6.45) is -0.354. The molecule has 2 N–H and O–H groups in total. The van der Waals surface area contributed by atoms with Crippen LogP contribution < -0.4 is 5.32 Å². The monoisotopic (exact) mass is 538 g/mol. The number of alkyl halides is 2. The fourth-order valence-corrected chi connectivity index (χ4v) is 4.24. The standard InChI is InChI=1S/C23H36Cl2N2O6S/c1-13(2)16(27-20(31)33-21(3,4)5)17-26-14(12-34-17)18(28)32-15(22(6,7)19(29)30)10-9-11-23(8,24)25/h12-13,15-16H,9-11H2,1-8H3,(H,27,31)(H,29,30)/t15-,16-/m0/s1. The van der Waals surface area contributed by atoms with Crippen molar-refractivity contribution in [2.45, 2.75) is 96.7 Å². The first kappa shape index (κ1) is 30.5. The summed E-state index contributed by atoms with van der Waals surface area (Å²) in [5.41, 5.74) is -1.94. The van der Waals surface area contributed by atoms with E-state index in [9.17, 15) is 19.5 Å². The molecule has 0 spiro atoms. The predicted octanol–water partition coefficient (Wildman–Crippen LogP) is 6.37. The zero-order chi connectivity index (χ0) is 26.5. The van der Waals surface area contributed by atoms with E-state index in [4.69, 9.17) is 32.7 Å². The zero-order valence-corrected chi connectivity index (χ0v) is 23.4. The van der Waals surface area contributed by atoms with Crippen molar-refractivity contribution in [2.24, 2.45) is 11.3 Å². The van der Waals surface area contributed by atoms with E-state index >= 15 is 0 Å². The molecule has 0 saturated heterocycles. The van der Waals surface area contributed by atoms with Gasteiger partial charge in [0.05, 0.1) is 11.5 Å². The Morgan fingerprint density at radius 1 is 1.15 bits per heavy atom. The molecule has 1 aromatic rings. The maximum absolute atomic E-state index is 12.9. The average molecular weight is 540 g/mol. The molecule has 0 bridgehead atoms. The molecular weight excluding hydrogens is 503 g/mol. The van der Waals surface area contributed by atoms with Crippen LogP contribution in [0.25, 0.3) is 0 Å². The van der Waals surface area contributed by atoms with Crippen molar-refractivity contribution in [1.29, 1.82) is 0 Å². The lowest BCUT2D eigenvalue weighted by Gasteiger charge is -2.30. The number of aromatic nitrogens is 1. The lowest BCUT2D eigenvalue weighted by molar-refractivity contribution is -0.154. The first-order chi connectivity index (χ1) is 15.3. The van der Waals surface area contributed by atoms with Gasteiger partial charge < -0.3 is 19.9 Å². The number of esters is 1. The Bertz CT molecular complexity index is 858. The number of aliphatic carboxylic acids is 1. The zero-order valence-electron chi connectivity index (χ0n) is 21.0. The van der Waals surface area contributed by atoms with E-state index < -0.39 is 45.5 Å². The maximum Gasteiger partial charge on any atom is 0.408 e. The summed E-state index contributed by atoms with van der Waals surface area (Å²) in [5, 5.41) is 14.5. The molecule has 11 heteroatoms. The van der Waals surface area contributed by atoms with E-state index in [-0.39, 0.29) is 18.0 Å². The van der Waals surface area contributed by atoms with Crippen molar-refractivity contribution in [2.75, 3.05) is 0 Å². The smallest absolute Gasteiger partial charge is 0.408 e. The summed E-state index contributed by atoms with van der Waals surface area (Å²) in [7, 11) is 0. The Kier molecular flexibility index (Phi) is 10.7. The Morgan fingerprint density at radius 3 is 2.21 bits per heavy atom. The van der Waals surface area contributed by atoms with Crippen molar-refractivity contribution in [3.05, 3.63) is 16.1 Å². The van der Waals surface area contributed by atoms with E-state index in [0.717, 1.165) is 0 Å². The first-order valence-corrected chi connectivity index (χ1v) is 12.7. The number of hydrogen-bond donors (Lipinski definition) is 2. The number of halogens is 2. The van der Waals surface area contributed by atoms with Gasteiger partial charge in [-0.1, -0.05) is 13.8 Å². The van der Waals surface area contributed by atoms with Crippen LogP contribution >= 0.6 is 34.5 Å². The van der Waals surface area contributed by atoms with Crippen molar-refractivity contribution in [1.82, 2.24) is 10.3 Å². The molecule has 0 saturated carbocycles. The van der Waals surface area contributed by atoms with Gasteiger partial charge >= 0.3 is 18.0 Å². The van der Waals surface area contributed by atoms with Gasteiger partial charge in [-0.3, -0.25) is 4.79 Å². The van der Waals surface area contributed by atoms with E-state index in [1.165, 1.54) is 30.6 Å². The number of alkyl carbamates (subject to hydrolysis) is 1. The number of thiazole rings is 1. The molecule has 0 aromatic carbocycles. The van der Waals surface area contributed by atoms with E-state index in [0.29, 0.717) is 17.8 Å². The second-order valence-electron chi connectivity index (χ2n) is 10.3. The number of nitrogens with one attached hydrogen (secondary N) is 1. The van der Waals surface area contributed by atoms with E-state index in [2.05, 4.69) is 10.3 Å². The highest BCUT2D eigenvalue weighted by atomic mass is 35.5. The minimum absolute atomic E-state index is 0.0263. The van der Waals surface area contributed by atoms with Crippen LogP contribution in [0.1, 0.15) is 96.2 Å². The number of amides is 1. The highest BCUT2D eigenvalue weighted by Crippen LogP contribution is 2.33. The highest BCUT2D eigenvalue weighted by Gasteiger charge is 2.40. The van der Waals surface area contributed by atoms with Crippen LogP contribution in [0.15, 0.2) is 5.38 Å². The third-order valence-electron chi connectivity index (χ3n) is 5.02. The Hall–Kier alpha value is -1.58. The van der Waals surface area contributed by atoms with Gasteiger partial charge in [-0.2, -0.15) is 0 Å². The molecule has 0 aliphatic carbocycles. The van der Waals surface area contributed by atoms with Crippen molar-refractivity contribution in [3.63, 3.8) is 0 Å². The number of nitrogens with zero attached hydrogens (tertiary/aromatic N) is 1. The van der Waals surface area contributed by atoms with Gasteiger partial charge in [0.15, 0.2) is 5.69 Å². The first-order valence-electron chi connectivity index (χ1n) is 11.1. The SMILES string of the molecule is CC(C)[C@H](NC(=O)OC(C)(C)C)c1nc(C(=O)O[C@@H](CCCC(C)(Cl)Cl)C(C)(C)C(=O)O)cs1. The number of carboxylic acid groups (broad SMARTS) is 1. The molecule has 0 fully saturated rings. The minimum atomic E-state index is -1.33. The fourth-order valence-electron chi connectivity index (χ4n) is 2.96. The third kappa shape index (κ3) is 9.96. The van der Waals surface area contributed by atoms with Crippen LogP contribution in [-0.4, -0.2) is 44.2 Å². The Morgan fingerprint density at radius 2 is 1.74 bits per heavy atom. The minimum Gasteiger partial charge on any atom is -0.481 e. The largest absolute Gasteiger partial charge is 0.481 e. The number of ether oxygens (including phenoxy) is 2. The predicted molar refractivity (Wildman–Crippen MR) is 134 cm³/mol. The second-order valence-corrected chi connectivity index (χ2v) is 13.1. The Balaban J connectivity index is 3.01. The van der Waals surface area contributed by atoms with Crippen LogP contribution in [0.5, 0.6) is 0 Å². The molecule has 1 aromatic heterocycles. The molecule has 2 atom stereocenters. The van der Waals surface area contributed by atoms with Gasteiger partial charge in [0.1, 0.15) is 21.0 Å². The van der Waals surface area contributed by atoms with E-state index in [1.807, 2.05) is 13.8 Å². The lowest BCUT2D eigenvalue weighted by Crippen LogP contribution is -2.40. The second kappa shape index (κ2) is 11.9. The lowest BCUT2D eigenvalue weighted by atomic mass is 9.83.